The lowest BCUT2D eigenvalue weighted by Gasteiger charge is -2.37. The molecule has 0 saturated heterocycles. The zero-order valence-electron chi connectivity index (χ0n) is 23.1. The average Bonchev–Trinajstić information content (AvgIpc) is 3.23. The first-order valence-electron chi connectivity index (χ1n) is 14.8. The number of quaternary nitrogens is 1. The normalized spacial score (nSPS) is 19.7. The second-order valence-corrected chi connectivity index (χ2v) is 10.4. The minimum absolute atomic E-state index is 0.0610. The van der Waals surface area contributed by atoms with Gasteiger partial charge in [-0.15, -0.1) is 0 Å². The van der Waals surface area contributed by atoms with Crippen molar-refractivity contribution in [3.63, 3.8) is 0 Å². The van der Waals surface area contributed by atoms with Gasteiger partial charge in [0.1, 0.15) is 12.7 Å². The minimum atomic E-state index is 0.0610. The molecule has 0 radical (unpaired) electrons. The molecule has 0 saturated carbocycles. The fourth-order valence-electron chi connectivity index (χ4n) is 5.17. The summed E-state index contributed by atoms with van der Waals surface area (Å²) in [7, 11) is 0. The number of likely N-dealkylation sites (N-methyl/N-ethyl adjacent to an activating group) is 1. The number of rotatable bonds is 23. The fraction of sp³-hybridized carbons (Fsp3) is 0.833. The highest BCUT2D eigenvalue weighted by Crippen LogP contribution is 2.22. The van der Waals surface area contributed by atoms with Crippen LogP contribution in [0.25, 0.3) is 0 Å². The van der Waals surface area contributed by atoms with E-state index in [1.807, 2.05) is 0 Å². The van der Waals surface area contributed by atoms with Gasteiger partial charge in [0.05, 0.1) is 19.3 Å². The number of carbonyl (C=O) groups is 1. The Morgan fingerprint density at radius 2 is 1.35 bits per heavy atom. The molecule has 1 aliphatic heterocycles. The third-order valence-corrected chi connectivity index (χ3v) is 7.51. The molecule has 4 heteroatoms. The Balaban J connectivity index is 1.93. The van der Waals surface area contributed by atoms with Gasteiger partial charge in [0.25, 0.3) is 0 Å². The van der Waals surface area contributed by atoms with Crippen molar-refractivity contribution < 1.29 is 9.28 Å². The van der Waals surface area contributed by atoms with Gasteiger partial charge < -0.3 is 10.6 Å². The maximum Gasteiger partial charge on any atom is 0.217 e. The van der Waals surface area contributed by atoms with Crippen LogP contribution >= 0.6 is 0 Å². The second-order valence-electron chi connectivity index (χ2n) is 10.4. The number of nitrogens with zero attached hydrogens (tertiary/aromatic N) is 1. The molecule has 0 bridgehead atoms. The van der Waals surface area contributed by atoms with E-state index < -0.39 is 0 Å². The fourth-order valence-corrected chi connectivity index (χ4v) is 5.17. The van der Waals surface area contributed by atoms with Crippen LogP contribution in [0.15, 0.2) is 24.6 Å². The molecule has 0 aliphatic carbocycles. The Labute approximate surface area is 212 Å². The largest absolute Gasteiger partial charge is 0.351 e. The third kappa shape index (κ3) is 14.9. The third-order valence-electron chi connectivity index (χ3n) is 7.51. The summed E-state index contributed by atoms with van der Waals surface area (Å²) < 4.78 is 0.934. The van der Waals surface area contributed by atoms with E-state index in [4.69, 9.17) is 0 Å². The summed E-state index contributed by atoms with van der Waals surface area (Å²) in [5.74, 6) is 0.0610. The highest BCUT2D eigenvalue weighted by Gasteiger charge is 2.36. The lowest BCUT2D eigenvalue weighted by atomic mass is 10.0. The Morgan fingerprint density at radius 1 is 0.824 bits per heavy atom. The summed E-state index contributed by atoms with van der Waals surface area (Å²) in [6, 6.07) is 0. The monoisotopic (exact) mass is 476 g/mol. The maximum absolute atomic E-state index is 11.2. The van der Waals surface area contributed by atoms with Gasteiger partial charge in [0.2, 0.25) is 5.91 Å². The van der Waals surface area contributed by atoms with Gasteiger partial charge in [-0.3, -0.25) is 9.28 Å². The second kappa shape index (κ2) is 21.0. The molecule has 2 unspecified atom stereocenters. The topological polar surface area (TPSA) is 41.1 Å². The molecule has 4 nitrogen and oxygen atoms in total. The highest BCUT2D eigenvalue weighted by atomic mass is 16.1. The van der Waals surface area contributed by atoms with Crippen molar-refractivity contribution in [2.45, 2.75) is 143 Å². The molecule has 2 atom stereocenters. The van der Waals surface area contributed by atoms with Crippen LogP contribution in [-0.4, -0.2) is 36.2 Å². The number of unbranched alkanes of at least 4 members (excludes halogenated alkanes) is 15. The lowest BCUT2D eigenvalue weighted by molar-refractivity contribution is -0.898. The van der Waals surface area contributed by atoms with Crippen molar-refractivity contribution in [3.8, 4) is 0 Å². The predicted molar refractivity (Wildman–Crippen MR) is 148 cm³/mol. The number of hydrogen-bond acceptors (Lipinski definition) is 2. The first kappa shape index (κ1) is 30.7. The number of carbonyl (C=O) groups excluding carboxylic acids is 1. The van der Waals surface area contributed by atoms with Crippen LogP contribution in [0.2, 0.25) is 0 Å². The summed E-state index contributed by atoms with van der Waals surface area (Å²) in [5.41, 5.74) is 0. The Bertz CT molecular complexity index is 545. The average molecular weight is 477 g/mol. The molecule has 1 heterocycles. The van der Waals surface area contributed by atoms with Gasteiger partial charge in [0, 0.05) is 13.3 Å². The smallest absolute Gasteiger partial charge is 0.217 e. The van der Waals surface area contributed by atoms with Crippen LogP contribution in [0.3, 0.4) is 0 Å². The molecule has 1 rings (SSSR count). The molecule has 2 N–H and O–H groups in total. The van der Waals surface area contributed by atoms with Gasteiger partial charge in [-0.25, -0.2) is 0 Å². The SMILES string of the molecule is CCCCCCCCCCCCCCCC/C=C/CCCC1NC=C[N+]1(CC)CCNC(C)=O. The van der Waals surface area contributed by atoms with E-state index in [-0.39, 0.29) is 5.91 Å². The molecule has 1 amide bonds. The van der Waals surface area contributed by atoms with Crippen molar-refractivity contribution in [1.29, 1.82) is 0 Å². The van der Waals surface area contributed by atoms with E-state index in [9.17, 15) is 4.79 Å². The van der Waals surface area contributed by atoms with Crippen molar-refractivity contribution in [2.24, 2.45) is 0 Å². The zero-order valence-corrected chi connectivity index (χ0v) is 23.1. The molecule has 0 spiro atoms. The first-order chi connectivity index (χ1) is 16.6. The van der Waals surface area contributed by atoms with E-state index in [1.165, 1.54) is 116 Å². The molecule has 34 heavy (non-hydrogen) atoms. The van der Waals surface area contributed by atoms with Crippen LogP contribution in [0.1, 0.15) is 136 Å². The molecule has 0 aromatic carbocycles. The van der Waals surface area contributed by atoms with Crippen molar-refractivity contribution >= 4 is 5.91 Å². The van der Waals surface area contributed by atoms with Crippen molar-refractivity contribution in [3.05, 3.63) is 24.6 Å². The van der Waals surface area contributed by atoms with E-state index >= 15 is 0 Å². The predicted octanol–water partition coefficient (Wildman–Crippen LogP) is 7.96. The van der Waals surface area contributed by atoms with E-state index in [0.29, 0.717) is 6.17 Å². The van der Waals surface area contributed by atoms with Crippen LogP contribution in [0.5, 0.6) is 0 Å². The Kier molecular flexibility index (Phi) is 19.0. The summed E-state index contributed by atoms with van der Waals surface area (Å²) in [6.45, 7) is 8.89. The number of allylic oxidation sites excluding steroid dienone is 2. The number of amides is 1. The van der Waals surface area contributed by atoms with Gasteiger partial charge in [-0.2, -0.15) is 0 Å². The molecule has 1 aliphatic rings. The molecular formula is C30H58N3O+. The summed E-state index contributed by atoms with van der Waals surface area (Å²) in [5, 5.41) is 6.50. The van der Waals surface area contributed by atoms with Crippen LogP contribution in [0, 0.1) is 0 Å². The van der Waals surface area contributed by atoms with Crippen LogP contribution in [-0.2, 0) is 4.79 Å². The Morgan fingerprint density at radius 3 is 1.88 bits per heavy atom. The zero-order chi connectivity index (χ0) is 24.7. The van der Waals surface area contributed by atoms with Crippen molar-refractivity contribution in [1.82, 2.24) is 10.6 Å². The molecule has 0 aromatic heterocycles. The molecular weight excluding hydrogens is 418 g/mol. The van der Waals surface area contributed by atoms with Crippen molar-refractivity contribution in [2.75, 3.05) is 19.6 Å². The summed E-state index contributed by atoms with van der Waals surface area (Å²) in [6.07, 6.45) is 34.4. The van der Waals surface area contributed by atoms with Gasteiger partial charge >= 0.3 is 0 Å². The number of hydrogen-bond donors (Lipinski definition) is 2. The Hall–Kier alpha value is -1.29. The maximum atomic E-state index is 11.2. The highest BCUT2D eigenvalue weighted by molar-refractivity contribution is 5.72. The minimum Gasteiger partial charge on any atom is -0.351 e. The van der Waals surface area contributed by atoms with Gasteiger partial charge in [-0.05, 0) is 32.6 Å². The lowest BCUT2D eigenvalue weighted by Crippen LogP contribution is -2.55. The van der Waals surface area contributed by atoms with E-state index in [1.54, 1.807) is 6.92 Å². The summed E-state index contributed by atoms with van der Waals surface area (Å²) in [4.78, 5) is 11.2. The van der Waals surface area contributed by atoms with E-state index in [0.717, 1.165) is 24.1 Å². The first-order valence-corrected chi connectivity index (χ1v) is 14.8. The van der Waals surface area contributed by atoms with Crippen LogP contribution < -0.4 is 10.6 Å². The standard InChI is InChI=1S/C30H57N3O/c1-4-6-7-8-9-10-11-12-13-14-15-16-17-18-19-20-21-22-23-24-30-32-26-28-33(30,5-2)27-25-31-29(3)34/h20-21,26,28,30,32H,4-19,22-25,27H2,1-3H3/p+1/b21-20+. The van der Waals surface area contributed by atoms with E-state index in [2.05, 4.69) is 49.0 Å². The molecule has 198 valence electrons. The number of nitrogens with one attached hydrogen (secondary N) is 2. The summed E-state index contributed by atoms with van der Waals surface area (Å²) >= 11 is 0. The molecule has 0 aromatic rings. The quantitative estimate of drug-likeness (QED) is 0.0892. The molecule has 0 fully saturated rings. The van der Waals surface area contributed by atoms with Crippen LogP contribution in [0.4, 0.5) is 0 Å². The van der Waals surface area contributed by atoms with Gasteiger partial charge in [-0.1, -0.05) is 103 Å². The van der Waals surface area contributed by atoms with Gasteiger partial charge in [0.15, 0.2) is 6.17 Å².